The average Bonchev–Trinajstić information content (AvgIpc) is 3.06. The summed E-state index contributed by atoms with van der Waals surface area (Å²) in [5.41, 5.74) is 1.93. The lowest BCUT2D eigenvalue weighted by molar-refractivity contribution is -0.122. The summed E-state index contributed by atoms with van der Waals surface area (Å²) >= 11 is 0. The van der Waals surface area contributed by atoms with E-state index in [1.165, 1.54) is 0 Å². The first-order chi connectivity index (χ1) is 9.72. The van der Waals surface area contributed by atoms with Crippen LogP contribution in [-0.4, -0.2) is 28.5 Å². The first kappa shape index (κ1) is 13.1. The van der Waals surface area contributed by atoms with E-state index in [0.29, 0.717) is 12.5 Å². The van der Waals surface area contributed by atoms with Gasteiger partial charge in [-0.1, -0.05) is 12.1 Å². The molecule has 0 aliphatic carbocycles. The standard InChI is InChI=1S/C15H20N4O/c1-10(17-14(20)9-11-5-4-8-16-11)15-18-12-6-2-3-7-13(12)19-15/h2-3,6-7,10-11,16H,4-5,8-9H2,1H3,(H,17,20)(H,18,19). The highest BCUT2D eigenvalue weighted by atomic mass is 16.1. The Balaban J connectivity index is 1.62. The number of fused-ring (bicyclic) bond motifs is 1. The Hall–Kier alpha value is -1.88. The number of hydrogen-bond acceptors (Lipinski definition) is 3. The first-order valence-corrected chi connectivity index (χ1v) is 7.20. The van der Waals surface area contributed by atoms with Crippen LogP contribution in [0, 0.1) is 0 Å². The average molecular weight is 272 g/mol. The molecule has 0 bridgehead atoms. The van der Waals surface area contributed by atoms with Gasteiger partial charge >= 0.3 is 0 Å². The molecular weight excluding hydrogens is 252 g/mol. The van der Waals surface area contributed by atoms with Gasteiger partial charge in [0, 0.05) is 12.5 Å². The monoisotopic (exact) mass is 272 g/mol. The Kier molecular flexibility index (Phi) is 3.69. The van der Waals surface area contributed by atoms with Gasteiger partial charge in [0.1, 0.15) is 5.82 Å². The molecule has 0 spiro atoms. The number of carbonyl (C=O) groups excluding carboxylic acids is 1. The summed E-state index contributed by atoms with van der Waals surface area (Å²) in [6.07, 6.45) is 2.80. The van der Waals surface area contributed by atoms with Crippen LogP contribution < -0.4 is 10.6 Å². The molecule has 5 heteroatoms. The van der Waals surface area contributed by atoms with Gasteiger partial charge in [0.15, 0.2) is 0 Å². The molecule has 1 aliphatic rings. The van der Waals surface area contributed by atoms with E-state index in [-0.39, 0.29) is 11.9 Å². The fourth-order valence-electron chi connectivity index (χ4n) is 2.70. The number of para-hydroxylation sites is 2. The zero-order valence-corrected chi connectivity index (χ0v) is 11.6. The fraction of sp³-hybridized carbons (Fsp3) is 0.467. The molecule has 2 unspecified atom stereocenters. The normalized spacial score (nSPS) is 20.1. The maximum Gasteiger partial charge on any atom is 0.222 e. The third kappa shape index (κ3) is 2.82. The van der Waals surface area contributed by atoms with Gasteiger partial charge in [0.05, 0.1) is 17.1 Å². The van der Waals surface area contributed by atoms with Crippen LogP contribution in [0.4, 0.5) is 0 Å². The van der Waals surface area contributed by atoms with Gasteiger partial charge in [-0.2, -0.15) is 0 Å². The molecule has 3 rings (SSSR count). The van der Waals surface area contributed by atoms with Gasteiger partial charge in [-0.25, -0.2) is 4.98 Å². The number of nitrogens with zero attached hydrogens (tertiary/aromatic N) is 1. The molecule has 2 aromatic rings. The third-order valence-electron chi connectivity index (χ3n) is 3.79. The van der Waals surface area contributed by atoms with Crippen molar-refractivity contribution in [2.24, 2.45) is 0 Å². The number of imidazole rings is 1. The summed E-state index contributed by atoms with van der Waals surface area (Å²) in [7, 11) is 0. The molecule has 1 aromatic carbocycles. The zero-order valence-electron chi connectivity index (χ0n) is 11.6. The van der Waals surface area contributed by atoms with E-state index in [4.69, 9.17) is 0 Å². The minimum atomic E-state index is -0.101. The number of nitrogens with one attached hydrogen (secondary N) is 3. The highest BCUT2D eigenvalue weighted by Crippen LogP contribution is 2.16. The summed E-state index contributed by atoms with van der Waals surface area (Å²) in [5, 5.41) is 6.35. The molecule has 5 nitrogen and oxygen atoms in total. The molecule has 20 heavy (non-hydrogen) atoms. The molecule has 1 fully saturated rings. The zero-order chi connectivity index (χ0) is 13.9. The molecule has 106 valence electrons. The second-order valence-electron chi connectivity index (χ2n) is 5.43. The molecule has 1 amide bonds. The van der Waals surface area contributed by atoms with Crippen molar-refractivity contribution < 1.29 is 4.79 Å². The molecule has 1 aliphatic heterocycles. The van der Waals surface area contributed by atoms with Crippen LogP contribution in [0.3, 0.4) is 0 Å². The number of aromatic amines is 1. The molecule has 1 saturated heterocycles. The number of amides is 1. The number of aromatic nitrogens is 2. The quantitative estimate of drug-likeness (QED) is 0.796. The van der Waals surface area contributed by atoms with Gasteiger partial charge in [-0.05, 0) is 38.4 Å². The maximum atomic E-state index is 12.0. The molecule has 3 N–H and O–H groups in total. The second-order valence-corrected chi connectivity index (χ2v) is 5.43. The summed E-state index contributed by atoms with van der Waals surface area (Å²) in [6, 6.07) is 8.12. The highest BCUT2D eigenvalue weighted by Gasteiger charge is 2.19. The van der Waals surface area contributed by atoms with Crippen LogP contribution in [0.15, 0.2) is 24.3 Å². The Labute approximate surface area is 118 Å². The smallest absolute Gasteiger partial charge is 0.222 e. The molecule has 0 radical (unpaired) electrons. The Morgan fingerprint density at radius 1 is 1.50 bits per heavy atom. The Morgan fingerprint density at radius 3 is 3.10 bits per heavy atom. The number of rotatable bonds is 4. The molecule has 1 aromatic heterocycles. The van der Waals surface area contributed by atoms with Crippen molar-refractivity contribution in [1.82, 2.24) is 20.6 Å². The Morgan fingerprint density at radius 2 is 2.35 bits per heavy atom. The van der Waals surface area contributed by atoms with E-state index < -0.39 is 0 Å². The topological polar surface area (TPSA) is 69.8 Å². The molecule has 2 atom stereocenters. The van der Waals surface area contributed by atoms with Crippen LogP contribution >= 0.6 is 0 Å². The van der Waals surface area contributed by atoms with Crippen LogP contribution in [0.2, 0.25) is 0 Å². The van der Waals surface area contributed by atoms with Gasteiger partial charge in [0.25, 0.3) is 0 Å². The number of benzene rings is 1. The van der Waals surface area contributed by atoms with E-state index >= 15 is 0 Å². The summed E-state index contributed by atoms with van der Waals surface area (Å²) in [5.74, 6) is 0.885. The van der Waals surface area contributed by atoms with Crippen LogP contribution in [0.1, 0.15) is 38.1 Å². The minimum Gasteiger partial charge on any atom is -0.346 e. The predicted molar refractivity (Wildman–Crippen MR) is 78.3 cm³/mol. The lowest BCUT2D eigenvalue weighted by atomic mass is 10.1. The first-order valence-electron chi connectivity index (χ1n) is 7.20. The maximum absolute atomic E-state index is 12.0. The van der Waals surface area contributed by atoms with E-state index in [1.807, 2.05) is 31.2 Å². The van der Waals surface area contributed by atoms with E-state index in [0.717, 1.165) is 36.2 Å². The van der Waals surface area contributed by atoms with Gasteiger partial charge in [0.2, 0.25) is 5.91 Å². The number of carbonyl (C=O) groups is 1. The van der Waals surface area contributed by atoms with Gasteiger partial charge < -0.3 is 15.6 Å². The largest absolute Gasteiger partial charge is 0.346 e. The van der Waals surface area contributed by atoms with Crippen molar-refractivity contribution >= 4 is 16.9 Å². The van der Waals surface area contributed by atoms with Gasteiger partial charge in [-0.15, -0.1) is 0 Å². The number of H-pyrrole nitrogens is 1. The van der Waals surface area contributed by atoms with Crippen LogP contribution in [0.5, 0.6) is 0 Å². The molecule has 0 saturated carbocycles. The predicted octanol–water partition coefficient (Wildman–Crippen LogP) is 1.88. The Bertz CT molecular complexity index is 568. The van der Waals surface area contributed by atoms with Crippen LogP contribution in [-0.2, 0) is 4.79 Å². The van der Waals surface area contributed by atoms with Crippen molar-refractivity contribution in [2.75, 3.05) is 6.54 Å². The molecule has 2 heterocycles. The van der Waals surface area contributed by atoms with Crippen molar-refractivity contribution in [1.29, 1.82) is 0 Å². The summed E-state index contributed by atoms with van der Waals surface area (Å²) in [6.45, 7) is 2.98. The molecular formula is C15H20N4O. The minimum absolute atomic E-state index is 0.0809. The van der Waals surface area contributed by atoms with E-state index in [9.17, 15) is 4.79 Å². The summed E-state index contributed by atoms with van der Waals surface area (Å²) < 4.78 is 0. The third-order valence-corrected chi connectivity index (χ3v) is 3.79. The lowest BCUT2D eigenvalue weighted by Gasteiger charge is -2.14. The highest BCUT2D eigenvalue weighted by molar-refractivity contribution is 5.78. The van der Waals surface area contributed by atoms with E-state index in [1.54, 1.807) is 0 Å². The second kappa shape index (κ2) is 5.63. The fourth-order valence-corrected chi connectivity index (χ4v) is 2.70. The van der Waals surface area contributed by atoms with E-state index in [2.05, 4.69) is 20.6 Å². The van der Waals surface area contributed by atoms with Crippen molar-refractivity contribution in [3.8, 4) is 0 Å². The van der Waals surface area contributed by atoms with Crippen molar-refractivity contribution in [2.45, 2.75) is 38.3 Å². The van der Waals surface area contributed by atoms with Crippen LogP contribution in [0.25, 0.3) is 11.0 Å². The lowest BCUT2D eigenvalue weighted by Crippen LogP contribution is -2.33. The van der Waals surface area contributed by atoms with Crippen molar-refractivity contribution in [3.05, 3.63) is 30.1 Å². The summed E-state index contributed by atoms with van der Waals surface area (Å²) in [4.78, 5) is 19.8. The van der Waals surface area contributed by atoms with Gasteiger partial charge in [-0.3, -0.25) is 4.79 Å². The SMILES string of the molecule is CC(NC(=O)CC1CCCN1)c1nc2ccccc2[nH]1. The number of hydrogen-bond donors (Lipinski definition) is 3. The van der Waals surface area contributed by atoms with Crippen molar-refractivity contribution in [3.63, 3.8) is 0 Å².